The molecular weight excluding hydrogens is 216 g/mol. The van der Waals surface area contributed by atoms with Gasteiger partial charge >= 0.3 is 0 Å². The average Bonchev–Trinajstić information content (AvgIpc) is 2.48. The van der Waals surface area contributed by atoms with Crippen LogP contribution in [-0.2, 0) is 6.42 Å². The second-order valence-electron chi connectivity index (χ2n) is 4.59. The smallest absolute Gasteiger partial charge is 0.167 e. The summed E-state index contributed by atoms with van der Waals surface area (Å²) in [6, 6.07) is 3.69. The standard InChI is InChI=1S/C14H18O3/c1-9-4-5-10-12(16-2)6-7-13(17-3)14(10)11(15)8-9/h6-7,9H,4-5,8H2,1-3H3. The molecule has 1 atom stereocenters. The van der Waals surface area contributed by atoms with E-state index in [0.29, 0.717) is 18.1 Å². The molecule has 3 nitrogen and oxygen atoms in total. The highest BCUT2D eigenvalue weighted by molar-refractivity contribution is 6.01. The molecule has 0 amide bonds. The Balaban J connectivity index is 2.58. The highest BCUT2D eigenvalue weighted by Gasteiger charge is 2.25. The van der Waals surface area contributed by atoms with Crippen LogP contribution in [0, 0.1) is 5.92 Å². The molecule has 0 aromatic heterocycles. The molecule has 0 fully saturated rings. The summed E-state index contributed by atoms with van der Waals surface area (Å²) in [6.45, 7) is 2.11. The van der Waals surface area contributed by atoms with E-state index in [2.05, 4.69) is 6.92 Å². The van der Waals surface area contributed by atoms with Gasteiger partial charge in [0.15, 0.2) is 5.78 Å². The Labute approximate surface area is 102 Å². The van der Waals surface area contributed by atoms with E-state index in [4.69, 9.17) is 9.47 Å². The summed E-state index contributed by atoms with van der Waals surface area (Å²) in [5.41, 5.74) is 1.72. The third kappa shape index (κ3) is 2.14. The lowest BCUT2D eigenvalue weighted by Gasteiger charge is -2.14. The van der Waals surface area contributed by atoms with Crippen LogP contribution in [-0.4, -0.2) is 20.0 Å². The summed E-state index contributed by atoms with van der Waals surface area (Å²) in [5, 5.41) is 0. The predicted octanol–water partition coefficient (Wildman–Crippen LogP) is 2.86. The Morgan fingerprint density at radius 3 is 2.47 bits per heavy atom. The van der Waals surface area contributed by atoms with Crippen molar-refractivity contribution in [3.8, 4) is 11.5 Å². The SMILES string of the molecule is COc1ccc(OC)c2c1CCC(C)CC2=O. The number of rotatable bonds is 2. The predicted molar refractivity (Wildman–Crippen MR) is 66.0 cm³/mol. The van der Waals surface area contributed by atoms with Gasteiger partial charge in [-0.2, -0.15) is 0 Å². The molecule has 1 aliphatic carbocycles. The third-order valence-corrected chi connectivity index (χ3v) is 3.37. The highest BCUT2D eigenvalue weighted by Crippen LogP contribution is 2.36. The molecule has 1 aliphatic rings. The number of ketones is 1. The summed E-state index contributed by atoms with van der Waals surface area (Å²) < 4.78 is 10.6. The number of ether oxygens (including phenoxy) is 2. The van der Waals surface area contributed by atoms with E-state index >= 15 is 0 Å². The monoisotopic (exact) mass is 234 g/mol. The first-order valence-electron chi connectivity index (χ1n) is 5.94. The second kappa shape index (κ2) is 4.78. The van der Waals surface area contributed by atoms with Crippen LogP contribution in [0.1, 0.15) is 35.7 Å². The van der Waals surface area contributed by atoms with Crippen molar-refractivity contribution < 1.29 is 14.3 Å². The number of carbonyl (C=O) groups is 1. The van der Waals surface area contributed by atoms with E-state index < -0.39 is 0 Å². The van der Waals surface area contributed by atoms with Gasteiger partial charge in [0.1, 0.15) is 11.5 Å². The van der Waals surface area contributed by atoms with E-state index in [1.165, 1.54) is 0 Å². The molecule has 1 aromatic rings. The molecule has 17 heavy (non-hydrogen) atoms. The number of Topliss-reactive ketones (excluding diaryl/α,β-unsaturated/α-hetero) is 1. The number of fused-ring (bicyclic) bond motifs is 1. The van der Waals surface area contributed by atoms with Gasteiger partial charge in [0, 0.05) is 12.0 Å². The molecule has 1 aromatic carbocycles. The van der Waals surface area contributed by atoms with Gasteiger partial charge in [-0.15, -0.1) is 0 Å². The topological polar surface area (TPSA) is 35.5 Å². The maximum atomic E-state index is 12.2. The normalized spacial score (nSPS) is 19.5. The van der Waals surface area contributed by atoms with Crippen LogP contribution in [0.2, 0.25) is 0 Å². The molecule has 0 N–H and O–H groups in total. The van der Waals surface area contributed by atoms with Crippen molar-refractivity contribution in [2.75, 3.05) is 14.2 Å². The molecule has 0 aliphatic heterocycles. The first-order chi connectivity index (χ1) is 8.17. The van der Waals surface area contributed by atoms with Crippen molar-refractivity contribution in [1.82, 2.24) is 0 Å². The Hall–Kier alpha value is -1.51. The fourth-order valence-corrected chi connectivity index (χ4v) is 2.43. The minimum atomic E-state index is 0.167. The van der Waals surface area contributed by atoms with Crippen LogP contribution in [0.25, 0.3) is 0 Å². The van der Waals surface area contributed by atoms with Gasteiger partial charge in [-0.25, -0.2) is 0 Å². The Morgan fingerprint density at radius 2 is 1.82 bits per heavy atom. The van der Waals surface area contributed by atoms with Gasteiger partial charge in [-0.05, 0) is 30.9 Å². The second-order valence-corrected chi connectivity index (χ2v) is 4.59. The Bertz CT molecular complexity index is 437. The zero-order valence-electron chi connectivity index (χ0n) is 10.6. The number of methoxy groups -OCH3 is 2. The van der Waals surface area contributed by atoms with E-state index in [1.807, 2.05) is 12.1 Å². The van der Waals surface area contributed by atoms with Gasteiger partial charge in [-0.1, -0.05) is 6.92 Å². The van der Waals surface area contributed by atoms with Gasteiger partial charge in [0.05, 0.1) is 19.8 Å². The number of benzene rings is 1. The fourth-order valence-electron chi connectivity index (χ4n) is 2.43. The number of carbonyl (C=O) groups excluding carboxylic acids is 1. The lowest BCUT2D eigenvalue weighted by Crippen LogP contribution is -2.06. The first-order valence-corrected chi connectivity index (χ1v) is 5.94. The van der Waals surface area contributed by atoms with Gasteiger partial charge in [0.2, 0.25) is 0 Å². The van der Waals surface area contributed by atoms with Crippen LogP contribution >= 0.6 is 0 Å². The summed E-state index contributed by atoms with van der Waals surface area (Å²) in [5.74, 6) is 2.05. The number of hydrogen-bond acceptors (Lipinski definition) is 3. The zero-order valence-corrected chi connectivity index (χ0v) is 10.6. The Kier molecular flexibility index (Phi) is 3.36. The largest absolute Gasteiger partial charge is 0.496 e. The van der Waals surface area contributed by atoms with Crippen LogP contribution in [0.5, 0.6) is 11.5 Å². The molecular formula is C14H18O3. The van der Waals surface area contributed by atoms with Crippen molar-refractivity contribution >= 4 is 5.78 Å². The fraction of sp³-hybridized carbons (Fsp3) is 0.500. The quantitative estimate of drug-likeness (QED) is 0.738. The summed E-state index contributed by atoms with van der Waals surface area (Å²) in [6.07, 6.45) is 2.49. The molecule has 0 bridgehead atoms. The summed E-state index contributed by atoms with van der Waals surface area (Å²) in [7, 11) is 3.24. The third-order valence-electron chi connectivity index (χ3n) is 3.37. The van der Waals surface area contributed by atoms with E-state index in [0.717, 1.165) is 29.7 Å². The van der Waals surface area contributed by atoms with Crippen molar-refractivity contribution in [3.63, 3.8) is 0 Å². The van der Waals surface area contributed by atoms with Crippen LogP contribution in [0.4, 0.5) is 0 Å². The van der Waals surface area contributed by atoms with Crippen molar-refractivity contribution in [3.05, 3.63) is 23.3 Å². The summed E-state index contributed by atoms with van der Waals surface area (Å²) >= 11 is 0. The maximum Gasteiger partial charge on any atom is 0.167 e. The van der Waals surface area contributed by atoms with Gasteiger partial charge in [-0.3, -0.25) is 4.79 Å². The Morgan fingerprint density at radius 1 is 1.18 bits per heavy atom. The van der Waals surface area contributed by atoms with Crippen LogP contribution in [0.15, 0.2) is 12.1 Å². The van der Waals surface area contributed by atoms with Crippen molar-refractivity contribution in [1.29, 1.82) is 0 Å². The van der Waals surface area contributed by atoms with E-state index in [1.54, 1.807) is 14.2 Å². The molecule has 2 rings (SSSR count). The van der Waals surface area contributed by atoms with E-state index in [-0.39, 0.29) is 5.78 Å². The minimum Gasteiger partial charge on any atom is -0.496 e. The summed E-state index contributed by atoms with van der Waals surface area (Å²) in [4.78, 5) is 12.2. The molecule has 0 heterocycles. The molecule has 0 saturated heterocycles. The molecule has 1 unspecified atom stereocenters. The zero-order chi connectivity index (χ0) is 12.4. The highest BCUT2D eigenvalue weighted by atomic mass is 16.5. The van der Waals surface area contributed by atoms with Gasteiger partial charge in [0.25, 0.3) is 0 Å². The van der Waals surface area contributed by atoms with Gasteiger partial charge < -0.3 is 9.47 Å². The number of hydrogen-bond donors (Lipinski definition) is 0. The van der Waals surface area contributed by atoms with Crippen LogP contribution < -0.4 is 9.47 Å². The molecule has 0 radical (unpaired) electrons. The maximum absolute atomic E-state index is 12.2. The van der Waals surface area contributed by atoms with Crippen LogP contribution in [0.3, 0.4) is 0 Å². The minimum absolute atomic E-state index is 0.167. The first kappa shape index (κ1) is 12.0. The lowest BCUT2D eigenvalue weighted by molar-refractivity contribution is 0.0964. The van der Waals surface area contributed by atoms with E-state index in [9.17, 15) is 4.79 Å². The van der Waals surface area contributed by atoms with Crippen molar-refractivity contribution in [2.24, 2.45) is 5.92 Å². The average molecular weight is 234 g/mol. The molecule has 92 valence electrons. The molecule has 0 saturated carbocycles. The lowest BCUT2D eigenvalue weighted by atomic mass is 9.99. The molecule has 0 spiro atoms. The van der Waals surface area contributed by atoms with Crippen molar-refractivity contribution in [2.45, 2.75) is 26.2 Å². The molecule has 3 heteroatoms.